The molecule has 2 aliphatic rings. The molecule has 2 N–H and O–H groups in total. The summed E-state index contributed by atoms with van der Waals surface area (Å²) in [6, 6.07) is 9.64. The summed E-state index contributed by atoms with van der Waals surface area (Å²) in [6.07, 6.45) is 4.32. The molecule has 114 valence electrons. The summed E-state index contributed by atoms with van der Waals surface area (Å²) in [7, 11) is 0. The Labute approximate surface area is 125 Å². The van der Waals surface area contributed by atoms with E-state index in [1.54, 1.807) is 0 Å². The van der Waals surface area contributed by atoms with Crippen LogP contribution in [-0.4, -0.2) is 24.4 Å². The third-order valence-corrected chi connectivity index (χ3v) is 5.21. The molecule has 21 heavy (non-hydrogen) atoms. The smallest absolute Gasteiger partial charge is 0.407 e. The van der Waals surface area contributed by atoms with Crippen molar-refractivity contribution in [3.05, 3.63) is 35.9 Å². The minimum atomic E-state index is -0.394. The van der Waals surface area contributed by atoms with Crippen molar-refractivity contribution in [3.8, 4) is 0 Å². The summed E-state index contributed by atoms with van der Waals surface area (Å²) in [5, 5.41) is 12.6. The number of hydrogen-bond donors (Lipinski definition) is 2. The summed E-state index contributed by atoms with van der Waals surface area (Å²) in [5.41, 5.74) is 0.860. The topological polar surface area (TPSA) is 58.6 Å². The van der Waals surface area contributed by atoms with Gasteiger partial charge in [-0.15, -0.1) is 0 Å². The van der Waals surface area contributed by atoms with Crippen molar-refractivity contribution < 1.29 is 14.6 Å². The molecule has 3 atom stereocenters. The van der Waals surface area contributed by atoms with Gasteiger partial charge in [0.2, 0.25) is 0 Å². The van der Waals surface area contributed by atoms with Gasteiger partial charge >= 0.3 is 6.09 Å². The van der Waals surface area contributed by atoms with Crippen LogP contribution in [-0.2, 0) is 11.3 Å². The van der Waals surface area contributed by atoms with Gasteiger partial charge in [0.05, 0.1) is 6.61 Å². The quantitative estimate of drug-likeness (QED) is 0.876. The van der Waals surface area contributed by atoms with Crippen molar-refractivity contribution >= 4 is 6.09 Å². The number of ether oxygens (including phenoxy) is 1. The molecule has 2 saturated carbocycles. The van der Waals surface area contributed by atoms with Crippen LogP contribution in [0.2, 0.25) is 0 Å². The highest BCUT2D eigenvalue weighted by molar-refractivity contribution is 5.67. The van der Waals surface area contributed by atoms with Crippen molar-refractivity contribution in [2.24, 2.45) is 17.3 Å². The van der Waals surface area contributed by atoms with Gasteiger partial charge in [0, 0.05) is 12.0 Å². The van der Waals surface area contributed by atoms with Crippen LogP contribution in [0.5, 0.6) is 0 Å². The molecule has 1 aromatic rings. The fourth-order valence-electron chi connectivity index (χ4n) is 4.05. The molecule has 3 rings (SSSR count). The van der Waals surface area contributed by atoms with Gasteiger partial charge in [-0.25, -0.2) is 4.79 Å². The summed E-state index contributed by atoms with van der Waals surface area (Å²) < 4.78 is 5.23. The maximum absolute atomic E-state index is 11.8. The van der Waals surface area contributed by atoms with Crippen molar-refractivity contribution in [2.45, 2.75) is 32.3 Å². The Hall–Kier alpha value is -1.55. The molecule has 0 heterocycles. The first-order chi connectivity index (χ1) is 10.2. The molecule has 2 bridgehead atoms. The number of hydrogen-bond acceptors (Lipinski definition) is 3. The molecule has 1 aromatic carbocycles. The van der Waals surface area contributed by atoms with E-state index >= 15 is 0 Å². The van der Waals surface area contributed by atoms with Crippen LogP contribution in [0, 0.1) is 17.3 Å². The number of nitrogens with one attached hydrogen (secondary N) is 1. The molecule has 2 fully saturated rings. The highest BCUT2D eigenvalue weighted by Gasteiger charge is 2.50. The molecule has 0 saturated heterocycles. The lowest BCUT2D eigenvalue weighted by molar-refractivity contribution is 0.0606. The highest BCUT2D eigenvalue weighted by atomic mass is 16.5. The lowest BCUT2D eigenvalue weighted by atomic mass is 9.73. The molecule has 4 nitrogen and oxygen atoms in total. The maximum Gasteiger partial charge on any atom is 0.407 e. The molecule has 0 radical (unpaired) electrons. The van der Waals surface area contributed by atoms with Gasteiger partial charge in [-0.3, -0.25) is 0 Å². The Balaban J connectivity index is 1.47. The number of carbonyl (C=O) groups is 1. The molecular formula is C17H23NO3. The minimum absolute atomic E-state index is 0.116. The maximum atomic E-state index is 11.8. The van der Waals surface area contributed by atoms with Gasteiger partial charge in [-0.1, -0.05) is 36.8 Å². The summed E-state index contributed by atoms with van der Waals surface area (Å²) >= 11 is 0. The first kappa shape index (κ1) is 14.4. The van der Waals surface area contributed by atoms with Gasteiger partial charge in [-0.2, -0.15) is 0 Å². The van der Waals surface area contributed by atoms with Gasteiger partial charge < -0.3 is 15.2 Å². The van der Waals surface area contributed by atoms with E-state index in [0.29, 0.717) is 12.5 Å². The summed E-state index contributed by atoms with van der Waals surface area (Å²) in [6.45, 7) is 0.969. The van der Waals surface area contributed by atoms with Gasteiger partial charge in [0.15, 0.2) is 0 Å². The van der Waals surface area contributed by atoms with Crippen LogP contribution in [0.25, 0.3) is 0 Å². The number of rotatable bonds is 5. The van der Waals surface area contributed by atoms with Crippen molar-refractivity contribution in [1.82, 2.24) is 5.32 Å². The molecule has 0 aliphatic heterocycles. The number of alkyl carbamates (subject to hydrolysis) is 1. The number of fused-ring (bicyclic) bond motifs is 2. The highest BCUT2D eigenvalue weighted by Crippen LogP contribution is 2.55. The zero-order valence-electron chi connectivity index (χ0n) is 12.3. The monoisotopic (exact) mass is 289 g/mol. The van der Waals surface area contributed by atoms with E-state index in [1.807, 2.05) is 30.3 Å². The Bertz CT molecular complexity index is 490. The van der Waals surface area contributed by atoms with Gasteiger partial charge in [0.1, 0.15) is 6.61 Å². The van der Waals surface area contributed by atoms with E-state index < -0.39 is 6.09 Å². The van der Waals surface area contributed by atoms with Crippen LogP contribution >= 0.6 is 0 Å². The summed E-state index contributed by atoms with van der Waals surface area (Å²) in [4.78, 5) is 11.8. The average molecular weight is 289 g/mol. The van der Waals surface area contributed by atoms with E-state index in [-0.39, 0.29) is 18.6 Å². The standard InChI is InChI=1S/C17H23NO3/c19-12-17(9-14-6-7-15(17)8-14)11-18-16(20)21-10-13-4-2-1-3-5-13/h1-5,14-15,19H,6-12H2,(H,18,20). The first-order valence-electron chi connectivity index (χ1n) is 7.77. The summed E-state index contributed by atoms with van der Waals surface area (Å²) in [5.74, 6) is 1.30. The van der Waals surface area contributed by atoms with Crippen molar-refractivity contribution in [3.63, 3.8) is 0 Å². The zero-order valence-corrected chi connectivity index (χ0v) is 12.3. The number of aliphatic hydroxyl groups is 1. The molecule has 2 aliphatic carbocycles. The fraction of sp³-hybridized carbons (Fsp3) is 0.588. The second-order valence-corrected chi connectivity index (χ2v) is 6.52. The lowest BCUT2D eigenvalue weighted by Gasteiger charge is -2.36. The van der Waals surface area contributed by atoms with Crippen LogP contribution in [0.4, 0.5) is 4.79 Å². The number of carbonyl (C=O) groups excluding carboxylic acids is 1. The number of aliphatic hydroxyl groups excluding tert-OH is 1. The molecular weight excluding hydrogens is 266 g/mol. The Kier molecular flexibility index (Phi) is 4.15. The largest absolute Gasteiger partial charge is 0.445 e. The average Bonchev–Trinajstić information content (AvgIpc) is 3.13. The van der Waals surface area contributed by atoms with E-state index in [2.05, 4.69) is 5.32 Å². The van der Waals surface area contributed by atoms with E-state index in [1.165, 1.54) is 19.3 Å². The molecule has 4 heteroatoms. The predicted molar refractivity (Wildman–Crippen MR) is 79.6 cm³/mol. The zero-order chi connectivity index (χ0) is 14.7. The van der Waals surface area contributed by atoms with E-state index in [9.17, 15) is 9.90 Å². The van der Waals surface area contributed by atoms with Crippen molar-refractivity contribution in [2.75, 3.05) is 13.2 Å². The second kappa shape index (κ2) is 6.06. The Morgan fingerprint density at radius 3 is 2.76 bits per heavy atom. The number of amides is 1. The third kappa shape index (κ3) is 3.05. The van der Waals surface area contributed by atoms with Crippen LogP contribution in [0.3, 0.4) is 0 Å². The third-order valence-electron chi connectivity index (χ3n) is 5.21. The molecule has 3 unspecified atom stereocenters. The normalized spacial score (nSPS) is 30.3. The van der Waals surface area contributed by atoms with Crippen LogP contribution < -0.4 is 5.32 Å². The fourth-order valence-corrected chi connectivity index (χ4v) is 4.05. The SMILES string of the molecule is O=C(NCC1(CO)CC2CCC1C2)OCc1ccccc1. The minimum Gasteiger partial charge on any atom is -0.445 e. The van der Waals surface area contributed by atoms with E-state index in [0.717, 1.165) is 17.9 Å². The Morgan fingerprint density at radius 2 is 2.14 bits per heavy atom. The lowest BCUT2D eigenvalue weighted by Crippen LogP contribution is -2.43. The second-order valence-electron chi connectivity index (χ2n) is 6.52. The van der Waals surface area contributed by atoms with Gasteiger partial charge in [-0.05, 0) is 36.7 Å². The first-order valence-corrected chi connectivity index (χ1v) is 7.77. The molecule has 0 aromatic heterocycles. The van der Waals surface area contributed by atoms with E-state index in [4.69, 9.17) is 4.74 Å². The van der Waals surface area contributed by atoms with Crippen molar-refractivity contribution in [1.29, 1.82) is 0 Å². The molecule has 0 spiro atoms. The van der Waals surface area contributed by atoms with Crippen LogP contribution in [0.15, 0.2) is 30.3 Å². The Morgan fingerprint density at radius 1 is 1.33 bits per heavy atom. The predicted octanol–water partition coefficient (Wildman–Crippen LogP) is 2.71. The number of benzene rings is 1. The molecule has 1 amide bonds. The van der Waals surface area contributed by atoms with Crippen LogP contribution in [0.1, 0.15) is 31.2 Å². The van der Waals surface area contributed by atoms with Gasteiger partial charge in [0.25, 0.3) is 0 Å².